The number of nitrogens with zero attached hydrogens (tertiary/aromatic N) is 3. The number of hydrogen-bond acceptors (Lipinski definition) is 5. The Morgan fingerprint density at radius 1 is 1.63 bits per heavy atom. The van der Waals surface area contributed by atoms with E-state index in [1.807, 2.05) is 4.68 Å². The highest BCUT2D eigenvalue weighted by molar-refractivity contribution is 5.76. The summed E-state index contributed by atoms with van der Waals surface area (Å²) in [6.45, 7) is 2.04. The van der Waals surface area contributed by atoms with Gasteiger partial charge in [-0.1, -0.05) is 5.21 Å². The molecule has 2 rings (SSSR count). The largest absolute Gasteiger partial charge is 0.384 e. The highest BCUT2D eigenvalue weighted by Crippen LogP contribution is 2.16. The molecular weight excluding hydrogens is 248 g/mol. The highest BCUT2D eigenvalue weighted by atomic mass is 16.5. The third-order valence-electron chi connectivity index (χ3n) is 3.20. The molecule has 0 aliphatic carbocycles. The molecule has 1 unspecified atom stereocenters. The number of nitrogens with two attached hydrogens (primary N) is 1. The van der Waals surface area contributed by atoms with E-state index in [4.69, 9.17) is 15.2 Å². The van der Waals surface area contributed by atoms with Crippen LogP contribution in [-0.2, 0) is 33.7 Å². The monoisotopic (exact) mass is 268 g/mol. The molecule has 1 amide bonds. The van der Waals surface area contributed by atoms with Crippen molar-refractivity contribution in [3.63, 3.8) is 0 Å². The van der Waals surface area contributed by atoms with Crippen LogP contribution in [0, 0.1) is 0 Å². The van der Waals surface area contributed by atoms with Crippen LogP contribution in [0.25, 0.3) is 0 Å². The minimum absolute atomic E-state index is 0.116. The fourth-order valence-electron chi connectivity index (χ4n) is 2.27. The van der Waals surface area contributed by atoms with Gasteiger partial charge in [-0.15, -0.1) is 5.10 Å². The molecule has 2 N–H and O–H groups in total. The molecule has 1 fully saturated rings. The molecule has 1 aromatic heterocycles. The smallest absolute Gasteiger partial charge is 0.223 e. The van der Waals surface area contributed by atoms with E-state index in [9.17, 15) is 4.79 Å². The number of ether oxygens (including phenoxy) is 2. The van der Waals surface area contributed by atoms with Crippen molar-refractivity contribution in [3.8, 4) is 0 Å². The summed E-state index contributed by atoms with van der Waals surface area (Å²) in [5, 5.41) is 8.16. The lowest BCUT2D eigenvalue weighted by Gasteiger charge is -2.12. The summed E-state index contributed by atoms with van der Waals surface area (Å²) in [4.78, 5) is 11.0. The fraction of sp³-hybridized carbons (Fsp3) is 0.750. The van der Waals surface area contributed by atoms with Crippen molar-refractivity contribution >= 4 is 5.91 Å². The van der Waals surface area contributed by atoms with Crippen LogP contribution < -0.4 is 5.73 Å². The van der Waals surface area contributed by atoms with Crippen LogP contribution in [0.4, 0.5) is 0 Å². The Bertz CT molecular complexity index is 427. The van der Waals surface area contributed by atoms with Gasteiger partial charge in [-0.3, -0.25) is 4.79 Å². The lowest BCUT2D eigenvalue weighted by atomic mass is 10.2. The van der Waals surface area contributed by atoms with E-state index in [0.29, 0.717) is 25.3 Å². The van der Waals surface area contributed by atoms with Crippen LogP contribution in [0.3, 0.4) is 0 Å². The van der Waals surface area contributed by atoms with Crippen molar-refractivity contribution in [2.24, 2.45) is 5.73 Å². The molecule has 0 bridgehead atoms. The first kappa shape index (κ1) is 14.0. The van der Waals surface area contributed by atoms with Gasteiger partial charge in [0.05, 0.1) is 37.1 Å². The number of carbonyl (C=O) groups is 1. The van der Waals surface area contributed by atoms with Crippen LogP contribution in [0.15, 0.2) is 0 Å². The van der Waals surface area contributed by atoms with Gasteiger partial charge in [-0.05, 0) is 12.8 Å². The van der Waals surface area contributed by atoms with Crippen molar-refractivity contribution in [3.05, 3.63) is 11.4 Å². The molecule has 1 aromatic rings. The molecule has 0 aromatic carbocycles. The van der Waals surface area contributed by atoms with Crippen LogP contribution in [0.5, 0.6) is 0 Å². The molecular formula is C12H20N4O3. The second-order valence-electron chi connectivity index (χ2n) is 4.69. The van der Waals surface area contributed by atoms with Crippen molar-refractivity contribution < 1.29 is 14.3 Å². The molecule has 1 aliphatic heterocycles. The zero-order chi connectivity index (χ0) is 13.7. The SMILES string of the molecule is COCCc1c(CC(N)=O)nnn1CC1CCCO1. The van der Waals surface area contributed by atoms with Gasteiger partial charge in [0.25, 0.3) is 0 Å². The van der Waals surface area contributed by atoms with Crippen molar-refractivity contribution in [2.75, 3.05) is 20.3 Å². The highest BCUT2D eigenvalue weighted by Gasteiger charge is 2.20. The Morgan fingerprint density at radius 3 is 3.11 bits per heavy atom. The number of aromatic nitrogens is 3. The minimum Gasteiger partial charge on any atom is -0.384 e. The van der Waals surface area contributed by atoms with Crippen LogP contribution >= 0.6 is 0 Å². The quantitative estimate of drug-likeness (QED) is 0.731. The Balaban J connectivity index is 2.10. The van der Waals surface area contributed by atoms with Gasteiger partial charge >= 0.3 is 0 Å². The fourth-order valence-corrected chi connectivity index (χ4v) is 2.27. The van der Waals surface area contributed by atoms with E-state index in [2.05, 4.69) is 10.3 Å². The first-order chi connectivity index (χ1) is 9.20. The Kier molecular flexibility index (Phi) is 4.86. The van der Waals surface area contributed by atoms with Crippen molar-refractivity contribution in [1.29, 1.82) is 0 Å². The first-order valence-corrected chi connectivity index (χ1v) is 6.50. The Labute approximate surface area is 112 Å². The summed E-state index contributed by atoms with van der Waals surface area (Å²) < 4.78 is 12.5. The zero-order valence-electron chi connectivity index (χ0n) is 11.2. The molecule has 7 nitrogen and oxygen atoms in total. The lowest BCUT2D eigenvalue weighted by Crippen LogP contribution is -2.20. The third kappa shape index (κ3) is 3.74. The maximum atomic E-state index is 11.0. The molecule has 1 saturated heterocycles. The second-order valence-corrected chi connectivity index (χ2v) is 4.69. The summed E-state index contributed by atoms with van der Waals surface area (Å²) >= 11 is 0. The average molecular weight is 268 g/mol. The summed E-state index contributed by atoms with van der Waals surface area (Å²) in [6.07, 6.45) is 3.09. The predicted molar refractivity (Wildman–Crippen MR) is 67.5 cm³/mol. The number of carbonyl (C=O) groups excluding carboxylic acids is 1. The van der Waals surface area contributed by atoms with Crippen molar-refractivity contribution in [2.45, 2.75) is 38.3 Å². The van der Waals surface area contributed by atoms with Crippen LogP contribution in [-0.4, -0.2) is 47.3 Å². The molecule has 106 valence electrons. The number of rotatable bonds is 7. The van der Waals surface area contributed by atoms with Crippen LogP contribution in [0.1, 0.15) is 24.2 Å². The van der Waals surface area contributed by atoms with E-state index in [-0.39, 0.29) is 12.5 Å². The van der Waals surface area contributed by atoms with Crippen molar-refractivity contribution in [1.82, 2.24) is 15.0 Å². The number of amides is 1. The topological polar surface area (TPSA) is 92.3 Å². The van der Waals surface area contributed by atoms with Gasteiger partial charge in [0.15, 0.2) is 0 Å². The van der Waals surface area contributed by atoms with Gasteiger partial charge in [0.1, 0.15) is 0 Å². The number of primary amides is 1. The molecule has 2 heterocycles. The summed E-state index contributed by atoms with van der Waals surface area (Å²) in [5.74, 6) is -0.400. The van der Waals surface area contributed by atoms with E-state index < -0.39 is 5.91 Å². The number of hydrogen-bond donors (Lipinski definition) is 1. The lowest BCUT2D eigenvalue weighted by molar-refractivity contribution is -0.117. The molecule has 1 aliphatic rings. The minimum atomic E-state index is -0.400. The Hall–Kier alpha value is -1.47. The molecule has 1 atom stereocenters. The standard InChI is InChI=1S/C12H20N4O3/c1-18-6-4-11-10(7-12(13)17)14-15-16(11)8-9-3-2-5-19-9/h9H,2-8H2,1H3,(H2,13,17). The maximum Gasteiger partial charge on any atom is 0.223 e. The first-order valence-electron chi connectivity index (χ1n) is 6.50. The second kappa shape index (κ2) is 6.63. The molecule has 7 heteroatoms. The maximum absolute atomic E-state index is 11.0. The molecule has 0 spiro atoms. The third-order valence-corrected chi connectivity index (χ3v) is 3.20. The van der Waals surface area contributed by atoms with Gasteiger partial charge in [-0.25, -0.2) is 4.68 Å². The Morgan fingerprint density at radius 2 is 2.47 bits per heavy atom. The summed E-state index contributed by atoms with van der Waals surface area (Å²) in [6, 6.07) is 0. The predicted octanol–water partition coefficient (Wildman–Crippen LogP) is -0.326. The zero-order valence-corrected chi connectivity index (χ0v) is 11.2. The molecule has 0 saturated carbocycles. The van der Waals surface area contributed by atoms with E-state index >= 15 is 0 Å². The van der Waals surface area contributed by atoms with E-state index in [1.54, 1.807) is 7.11 Å². The molecule has 0 radical (unpaired) electrons. The van der Waals surface area contributed by atoms with Gasteiger partial charge in [0, 0.05) is 20.1 Å². The van der Waals surface area contributed by atoms with Crippen LogP contribution in [0.2, 0.25) is 0 Å². The van der Waals surface area contributed by atoms with E-state index in [0.717, 1.165) is 25.1 Å². The van der Waals surface area contributed by atoms with Gasteiger partial charge < -0.3 is 15.2 Å². The summed E-state index contributed by atoms with van der Waals surface area (Å²) in [7, 11) is 1.64. The van der Waals surface area contributed by atoms with E-state index in [1.165, 1.54) is 0 Å². The van der Waals surface area contributed by atoms with Gasteiger partial charge in [0.2, 0.25) is 5.91 Å². The van der Waals surface area contributed by atoms with Gasteiger partial charge in [-0.2, -0.15) is 0 Å². The normalized spacial score (nSPS) is 18.9. The average Bonchev–Trinajstić information content (AvgIpc) is 2.98. The number of methoxy groups -OCH3 is 1. The summed E-state index contributed by atoms with van der Waals surface area (Å²) in [5.41, 5.74) is 6.78. The molecule has 19 heavy (non-hydrogen) atoms.